The first-order valence-corrected chi connectivity index (χ1v) is 15.4. The predicted octanol–water partition coefficient (Wildman–Crippen LogP) is 9.25. The Morgan fingerprint density at radius 2 is 0.947 bits per heavy atom. The van der Waals surface area contributed by atoms with Crippen LogP contribution < -0.4 is 4.40 Å². The molecule has 0 atom stereocenters. The minimum atomic E-state index is -1.04. The Balaban J connectivity index is 2.16. The summed E-state index contributed by atoms with van der Waals surface area (Å²) in [5.41, 5.74) is 16.4. The standard InChI is InChI=1S/C32H40GeN5/c1-20(2)26-14-10-15-27(21(3)4)31(26)35-18-24-12-9-13-25(30(24)33-37-38-34)19-36-32-28(22(5)6)16-11-17-29(32)23(7)8/h9-23,34H,1-8H3/q+1. The summed E-state index contributed by atoms with van der Waals surface area (Å²) in [6.45, 7) is 17.7. The van der Waals surface area contributed by atoms with Gasteiger partial charge in [-0.25, -0.2) is 0 Å². The van der Waals surface area contributed by atoms with Crippen LogP contribution in [0.2, 0.25) is 0 Å². The van der Waals surface area contributed by atoms with Gasteiger partial charge in [-0.05, 0) is 0 Å². The number of aliphatic imine (C=N–C) groups is 2. The first-order chi connectivity index (χ1) is 18.1. The van der Waals surface area contributed by atoms with Gasteiger partial charge in [-0.2, -0.15) is 0 Å². The summed E-state index contributed by atoms with van der Waals surface area (Å²) < 4.78 is 5.23. The SMILES string of the molecule is CC(C)c1cccc(C(C)C)c1N=Cc1cccc(C=Nc2c(C(C)C)cccc2C(C)C)[c]1[Ge]#[N+]N=N. The van der Waals surface area contributed by atoms with E-state index in [4.69, 9.17) is 15.5 Å². The molecule has 3 aromatic rings. The molecular weight excluding hydrogens is 527 g/mol. The summed E-state index contributed by atoms with van der Waals surface area (Å²) in [4.78, 5) is 10.1. The van der Waals surface area contributed by atoms with Gasteiger partial charge in [0.1, 0.15) is 0 Å². The van der Waals surface area contributed by atoms with Crippen molar-refractivity contribution < 1.29 is 0 Å². The van der Waals surface area contributed by atoms with Gasteiger partial charge >= 0.3 is 235 Å². The van der Waals surface area contributed by atoms with E-state index >= 15 is 0 Å². The molecule has 196 valence electrons. The fraction of sp³-hybridized carbons (Fsp3) is 0.375. The van der Waals surface area contributed by atoms with E-state index in [-0.39, 0.29) is 0 Å². The first kappa shape index (κ1) is 29.4. The van der Waals surface area contributed by atoms with Crippen LogP contribution in [-0.4, -0.2) is 27.5 Å². The summed E-state index contributed by atoms with van der Waals surface area (Å²) in [6.07, 6.45) is 3.93. The molecule has 0 unspecified atom stereocenters. The zero-order valence-corrected chi connectivity index (χ0v) is 26.0. The molecule has 0 bridgehead atoms. The molecule has 0 spiro atoms. The van der Waals surface area contributed by atoms with Crippen LogP contribution in [0.5, 0.6) is 0 Å². The average molecular weight is 567 g/mol. The second-order valence-electron chi connectivity index (χ2n) is 10.8. The molecule has 0 aliphatic carbocycles. The Hall–Kier alpha value is -3.15. The number of nitrogens with one attached hydrogen (secondary N) is 1. The minimum absolute atomic E-state index is 0.375. The molecule has 0 saturated heterocycles. The Bertz CT molecular complexity index is 1260. The van der Waals surface area contributed by atoms with E-state index in [1.807, 2.05) is 18.5 Å². The van der Waals surface area contributed by atoms with Gasteiger partial charge in [-0.3, -0.25) is 0 Å². The molecule has 38 heavy (non-hydrogen) atoms. The van der Waals surface area contributed by atoms with Crippen LogP contribution in [-0.2, 0) is 0 Å². The molecule has 0 aromatic heterocycles. The fourth-order valence-corrected chi connectivity index (χ4v) is 6.07. The maximum atomic E-state index is 7.29. The van der Waals surface area contributed by atoms with Crippen molar-refractivity contribution in [3.8, 4) is 0 Å². The number of para-hydroxylation sites is 2. The third-order valence-electron chi connectivity index (χ3n) is 6.69. The molecule has 1 N–H and O–H groups in total. The van der Waals surface area contributed by atoms with Gasteiger partial charge < -0.3 is 0 Å². The summed E-state index contributed by atoms with van der Waals surface area (Å²) in [7, 11) is 0. The quantitative estimate of drug-likeness (QED) is 0.122. The summed E-state index contributed by atoms with van der Waals surface area (Å²) in [5, 5.41) is 3.34. The molecule has 3 aromatic carbocycles. The van der Waals surface area contributed by atoms with E-state index < -0.39 is 15.1 Å². The van der Waals surface area contributed by atoms with Crippen molar-refractivity contribution >= 4 is 43.3 Å². The Kier molecular flexibility index (Phi) is 10.5. The van der Waals surface area contributed by atoms with E-state index in [0.717, 1.165) is 26.9 Å². The number of hydrogen-bond acceptors (Lipinski definition) is 4. The second-order valence-corrected chi connectivity index (χ2v) is 12.8. The summed E-state index contributed by atoms with van der Waals surface area (Å²) >= 11 is -1.04. The number of benzene rings is 3. The topological polar surface area (TPSA) is 65.3 Å². The van der Waals surface area contributed by atoms with Gasteiger partial charge in [0.05, 0.1) is 0 Å². The number of hydrogen-bond donors (Lipinski definition) is 1. The third-order valence-corrected chi connectivity index (χ3v) is 8.79. The van der Waals surface area contributed by atoms with Crippen molar-refractivity contribution in [3.63, 3.8) is 0 Å². The van der Waals surface area contributed by atoms with E-state index in [0.29, 0.717) is 23.7 Å². The maximum absolute atomic E-state index is 7.29. The van der Waals surface area contributed by atoms with Gasteiger partial charge in [-0.15, -0.1) is 0 Å². The van der Waals surface area contributed by atoms with Crippen LogP contribution in [0.1, 0.15) is 112 Å². The van der Waals surface area contributed by atoms with Crippen molar-refractivity contribution in [1.29, 1.82) is 5.53 Å². The van der Waals surface area contributed by atoms with Crippen LogP contribution in [0.15, 0.2) is 69.8 Å². The predicted molar refractivity (Wildman–Crippen MR) is 164 cm³/mol. The van der Waals surface area contributed by atoms with Gasteiger partial charge in [-0.1, -0.05) is 0 Å². The Labute approximate surface area is 234 Å². The van der Waals surface area contributed by atoms with Crippen molar-refractivity contribution in [3.05, 3.63) is 91.8 Å². The van der Waals surface area contributed by atoms with Gasteiger partial charge in [0.15, 0.2) is 0 Å². The van der Waals surface area contributed by atoms with Gasteiger partial charge in [0, 0.05) is 0 Å². The van der Waals surface area contributed by atoms with Crippen molar-refractivity contribution in [1.82, 2.24) is 0 Å². The van der Waals surface area contributed by atoms with Crippen LogP contribution in [0.3, 0.4) is 0 Å². The first-order valence-electron chi connectivity index (χ1n) is 13.4. The van der Waals surface area contributed by atoms with Crippen molar-refractivity contribution in [2.24, 2.45) is 15.2 Å². The van der Waals surface area contributed by atoms with E-state index in [1.165, 1.54) is 22.3 Å². The van der Waals surface area contributed by atoms with Crippen LogP contribution in [0, 0.1) is 5.53 Å². The number of rotatable bonds is 8. The molecule has 3 rings (SSSR count). The van der Waals surface area contributed by atoms with Crippen molar-refractivity contribution in [2.75, 3.05) is 0 Å². The van der Waals surface area contributed by atoms with Crippen LogP contribution >= 0.6 is 0 Å². The average Bonchev–Trinajstić information content (AvgIpc) is 2.89. The van der Waals surface area contributed by atoms with E-state index in [9.17, 15) is 0 Å². The molecule has 0 aliphatic heterocycles. The van der Waals surface area contributed by atoms with Crippen molar-refractivity contribution in [2.45, 2.75) is 79.1 Å². The molecule has 0 heterocycles. The third kappa shape index (κ3) is 7.03. The number of nitrogens with zero attached hydrogens (tertiary/aromatic N) is 4. The molecule has 0 aliphatic rings. The molecule has 0 radical (unpaired) electrons. The van der Waals surface area contributed by atoms with Crippen LogP contribution in [0.25, 0.3) is 3.83 Å². The molecular formula is C32H40GeN5+. The molecule has 5 nitrogen and oxygen atoms in total. The van der Waals surface area contributed by atoms with Gasteiger partial charge in [0.2, 0.25) is 0 Å². The monoisotopic (exact) mass is 568 g/mol. The zero-order chi connectivity index (χ0) is 27.8. The molecule has 0 saturated carbocycles. The second kappa shape index (κ2) is 13.6. The molecule has 6 heteroatoms. The Morgan fingerprint density at radius 1 is 0.605 bits per heavy atom. The van der Waals surface area contributed by atoms with E-state index in [1.54, 1.807) is 0 Å². The summed E-state index contributed by atoms with van der Waals surface area (Å²) in [5.74, 6) is 1.50. The molecule has 0 fully saturated rings. The zero-order valence-electron chi connectivity index (χ0n) is 23.9. The van der Waals surface area contributed by atoms with E-state index in [2.05, 4.69) is 113 Å². The summed E-state index contributed by atoms with van der Waals surface area (Å²) in [6, 6.07) is 19.2. The van der Waals surface area contributed by atoms with Gasteiger partial charge in [0.25, 0.3) is 0 Å². The molecule has 0 amide bonds. The van der Waals surface area contributed by atoms with Crippen LogP contribution in [0.4, 0.5) is 11.4 Å². The Morgan fingerprint density at radius 3 is 1.26 bits per heavy atom. The normalized spacial score (nSPS) is 11.8. The fourth-order valence-electron chi connectivity index (χ4n) is 4.60.